The Hall–Kier alpha value is 0.0500. The third-order valence-electron chi connectivity index (χ3n) is 2.10. The number of ether oxygens (including phenoxy) is 1. The van der Waals surface area contributed by atoms with E-state index in [1.165, 1.54) is 7.11 Å². The van der Waals surface area contributed by atoms with E-state index in [9.17, 15) is 8.42 Å². The molecule has 0 saturated heterocycles. The number of benzene rings is 1. The van der Waals surface area contributed by atoms with Crippen LogP contribution in [0.25, 0.3) is 0 Å². The molecule has 0 amide bonds. The third-order valence-corrected chi connectivity index (χ3v) is 5.37. The first kappa shape index (κ1) is 15.1. The van der Waals surface area contributed by atoms with Crippen molar-refractivity contribution < 1.29 is 13.2 Å². The second-order valence-electron chi connectivity index (χ2n) is 3.42. The fourth-order valence-electron chi connectivity index (χ4n) is 1.19. The predicted molar refractivity (Wildman–Crippen MR) is 73.6 cm³/mol. The van der Waals surface area contributed by atoms with Crippen LogP contribution in [0.3, 0.4) is 0 Å². The van der Waals surface area contributed by atoms with E-state index in [2.05, 4.69) is 36.6 Å². The quantitative estimate of drug-likeness (QED) is 0.790. The monoisotopic (exact) mass is 385 g/mol. The summed E-state index contributed by atoms with van der Waals surface area (Å²) in [6.45, 7) is 2.48. The number of hydrogen-bond acceptors (Lipinski definition) is 3. The van der Waals surface area contributed by atoms with E-state index >= 15 is 0 Å². The Kier molecular flexibility index (Phi) is 5.59. The Morgan fingerprint density at radius 2 is 1.94 bits per heavy atom. The van der Waals surface area contributed by atoms with E-state index in [4.69, 9.17) is 4.74 Å². The van der Waals surface area contributed by atoms with Gasteiger partial charge in [-0.2, -0.15) is 0 Å². The molecule has 1 N–H and O–H groups in total. The van der Waals surface area contributed by atoms with Gasteiger partial charge in [-0.05, 0) is 40.5 Å². The Balaban J connectivity index is 3.03. The molecule has 0 aliphatic carbocycles. The normalized spacial score (nSPS) is 11.8. The van der Waals surface area contributed by atoms with Gasteiger partial charge in [-0.15, -0.1) is 0 Å². The van der Waals surface area contributed by atoms with Crippen LogP contribution in [0.4, 0.5) is 0 Å². The summed E-state index contributed by atoms with van der Waals surface area (Å²) in [5.41, 5.74) is 0.965. The zero-order valence-electron chi connectivity index (χ0n) is 9.46. The SMILES string of the molecule is COCCNS(=O)(=O)c1cc(Br)c(C)cc1Br. The predicted octanol–water partition coefficient (Wildman–Crippen LogP) is 2.44. The minimum absolute atomic E-state index is 0.214. The average molecular weight is 387 g/mol. The van der Waals surface area contributed by atoms with Gasteiger partial charge in [-0.25, -0.2) is 13.1 Å². The molecule has 7 heteroatoms. The lowest BCUT2D eigenvalue weighted by atomic mass is 10.2. The smallest absolute Gasteiger partial charge is 0.241 e. The van der Waals surface area contributed by atoms with Crippen molar-refractivity contribution in [3.05, 3.63) is 26.6 Å². The Morgan fingerprint density at radius 3 is 2.53 bits per heavy atom. The summed E-state index contributed by atoms with van der Waals surface area (Å²) < 4.78 is 32.5. The number of aryl methyl sites for hydroxylation is 1. The lowest BCUT2D eigenvalue weighted by molar-refractivity contribution is 0.204. The highest BCUT2D eigenvalue weighted by Gasteiger charge is 2.18. The second-order valence-corrected chi connectivity index (χ2v) is 6.87. The van der Waals surface area contributed by atoms with E-state index in [0.29, 0.717) is 11.1 Å². The van der Waals surface area contributed by atoms with E-state index in [0.717, 1.165) is 10.0 Å². The first-order valence-corrected chi connectivity index (χ1v) is 7.89. The number of sulfonamides is 1. The standard InChI is InChI=1S/C10H13Br2NO3S/c1-7-5-9(12)10(6-8(7)11)17(14,15)13-3-4-16-2/h5-6,13H,3-4H2,1-2H3. The van der Waals surface area contributed by atoms with Crippen molar-refractivity contribution >= 4 is 41.9 Å². The first-order chi connectivity index (χ1) is 7.88. The molecule has 1 rings (SSSR count). The van der Waals surface area contributed by atoms with Crippen molar-refractivity contribution in [2.24, 2.45) is 0 Å². The van der Waals surface area contributed by atoms with Gasteiger partial charge in [0.15, 0.2) is 0 Å². The molecule has 0 radical (unpaired) electrons. The highest BCUT2D eigenvalue weighted by atomic mass is 79.9. The largest absolute Gasteiger partial charge is 0.383 e. The Morgan fingerprint density at radius 1 is 1.29 bits per heavy atom. The van der Waals surface area contributed by atoms with Crippen molar-refractivity contribution in [3.63, 3.8) is 0 Å². The minimum atomic E-state index is -3.51. The van der Waals surface area contributed by atoms with Crippen LogP contribution in [-0.2, 0) is 14.8 Å². The van der Waals surface area contributed by atoms with Gasteiger partial charge in [0, 0.05) is 22.6 Å². The maximum absolute atomic E-state index is 12.0. The number of halogens is 2. The molecule has 0 saturated carbocycles. The summed E-state index contributed by atoms with van der Waals surface area (Å²) in [7, 11) is -1.99. The summed E-state index contributed by atoms with van der Waals surface area (Å²) in [6, 6.07) is 3.34. The summed E-state index contributed by atoms with van der Waals surface area (Å²) >= 11 is 6.57. The molecule has 0 aromatic heterocycles. The minimum Gasteiger partial charge on any atom is -0.383 e. The molecule has 0 aliphatic heterocycles. The van der Waals surface area contributed by atoms with Crippen LogP contribution in [0.1, 0.15) is 5.56 Å². The van der Waals surface area contributed by atoms with Crippen molar-refractivity contribution in [1.82, 2.24) is 4.72 Å². The van der Waals surface area contributed by atoms with Crippen LogP contribution in [-0.4, -0.2) is 28.7 Å². The van der Waals surface area contributed by atoms with Crippen LogP contribution in [0.2, 0.25) is 0 Å². The maximum Gasteiger partial charge on any atom is 0.241 e. The molecular formula is C10H13Br2NO3S. The van der Waals surface area contributed by atoms with Crippen LogP contribution >= 0.6 is 31.9 Å². The van der Waals surface area contributed by atoms with E-state index < -0.39 is 10.0 Å². The van der Waals surface area contributed by atoms with Gasteiger partial charge < -0.3 is 4.74 Å². The van der Waals surface area contributed by atoms with Crippen molar-refractivity contribution in [3.8, 4) is 0 Å². The van der Waals surface area contributed by atoms with E-state index in [1.54, 1.807) is 12.1 Å². The molecule has 1 aromatic rings. The van der Waals surface area contributed by atoms with Crippen LogP contribution in [0, 0.1) is 6.92 Å². The molecule has 0 atom stereocenters. The molecule has 17 heavy (non-hydrogen) atoms. The molecule has 0 unspecified atom stereocenters. The molecule has 96 valence electrons. The summed E-state index contributed by atoms with van der Waals surface area (Å²) in [4.78, 5) is 0.214. The van der Waals surface area contributed by atoms with Gasteiger partial charge in [0.1, 0.15) is 0 Å². The lowest BCUT2D eigenvalue weighted by Gasteiger charge is -2.10. The van der Waals surface area contributed by atoms with Crippen LogP contribution < -0.4 is 4.72 Å². The van der Waals surface area contributed by atoms with E-state index in [-0.39, 0.29) is 11.4 Å². The average Bonchev–Trinajstić information content (AvgIpc) is 2.23. The molecular weight excluding hydrogens is 374 g/mol. The highest BCUT2D eigenvalue weighted by Crippen LogP contribution is 2.28. The number of methoxy groups -OCH3 is 1. The van der Waals surface area contributed by atoms with Crippen molar-refractivity contribution in [1.29, 1.82) is 0 Å². The molecule has 1 aromatic carbocycles. The second kappa shape index (κ2) is 6.29. The van der Waals surface area contributed by atoms with Gasteiger partial charge in [0.2, 0.25) is 10.0 Å². The summed E-state index contributed by atoms with van der Waals surface area (Å²) in [5.74, 6) is 0. The van der Waals surface area contributed by atoms with Crippen molar-refractivity contribution in [2.45, 2.75) is 11.8 Å². The molecule has 0 heterocycles. The van der Waals surface area contributed by atoms with Crippen LogP contribution in [0.5, 0.6) is 0 Å². The number of rotatable bonds is 5. The van der Waals surface area contributed by atoms with E-state index in [1.807, 2.05) is 6.92 Å². The molecule has 0 bridgehead atoms. The van der Waals surface area contributed by atoms with Gasteiger partial charge >= 0.3 is 0 Å². The zero-order valence-corrected chi connectivity index (χ0v) is 13.4. The molecule has 0 fully saturated rings. The van der Waals surface area contributed by atoms with Crippen LogP contribution in [0.15, 0.2) is 26.0 Å². The topological polar surface area (TPSA) is 55.4 Å². The summed E-state index contributed by atoms with van der Waals surface area (Å²) in [5, 5.41) is 0. The third kappa shape index (κ3) is 4.03. The highest BCUT2D eigenvalue weighted by molar-refractivity contribution is 9.11. The van der Waals surface area contributed by atoms with Gasteiger partial charge in [-0.1, -0.05) is 15.9 Å². The summed E-state index contributed by atoms with van der Waals surface area (Å²) in [6.07, 6.45) is 0. The number of nitrogens with one attached hydrogen (secondary N) is 1. The van der Waals surface area contributed by atoms with Gasteiger partial charge in [0.05, 0.1) is 11.5 Å². The van der Waals surface area contributed by atoms with Gasteiger partial charge in [0.25, 0.3) is 0 Å². The molecule has 0 aliphatic rings. The fourth-order valence-corrected chi connectivity index (χ4v) is 3.88. The molecule has 4 nitrogen and oxygen atoms in total. The maximum atomic E-state index is 12.0. The zero-order chi connectivity index (χ0) is 13.1. The van der Waals surface area contributed by atoms with Gasteiger partial charge in [-0.3, -0.25) is 0 Å². The van der Waals surface area contributed by atoms with Crippen molar-refractivity contribution in [2.75, 3.05) is 20.3 Å². The Bertz CT molecular complexity index is 503. The lowest BCUT2D eigenvalue weighted by Crippen LogP contribution is -2.27. The Labute approximate surface area is 118 Å². The fraction of sp³-hybridized carbons (Fsp3) is 0.400. The number of hydrogen-bond donors (Lipinski definition) is 1. The first-order valence-electron chi connectivity index (χ1n) is 4.82. The molecule has 0 spiro atoms.